The van der Waals surface area contributed by atoms with E-state index < -0.39 is 6.10 Å². The monoisotopic (exact) mass is 305 g/mol. The standard InChI is InChI=1S/C16H35NO2S/c1-5-8-9-10-11-19-13-15(18)12-17-14-16(6-2,7-3)20-4/h15,17-18H,5-14H2,1-4H3. The van der Waals surface area contributed by atoms with E-state index >= 15 is 0 Å². The molecule has 0 saturated carbocycles. The summed E-state index contributed by atoms with van der Waals surface area (Å²) >= 11 is 1.92. The van der Waals surface area contributed by atoms with Crippen LogP contribution >= 0.6 is 11.8 Å². The van der Waals surface area contributed by atoms with Gasteiger partial charge in [0.05, 0.1) is 12.7 Å². The Bertz CT molecular complexity index is 202. The van der Waals surface area contributed by atoms with Crippen LogP contribution in [0.5, 0.6) is 0 Å². The molecule has 0 heterocycles. The number of aliphatic hydroxyl groups excluding tert-OH is 1. The Morgan fingerprint density at radius 3 is 2.40 bits per heavy atom. The molecule has 0 aliphatic rings. The summed E-state index contributed by atoms with van der Waals surface area (Å²) in [6.07, 6.45) is 8.95. The molecular formula is C16H35NO2S. The molecule has 1 unspecified atom stereocenters. The number of unbranched alkanes of at least 4 members (excludes halogenated alkanes) is 3. The zero-order valence-electron chi connectivity index (χ0n) is 13.9. The van der Waals surface area contributed by atoms with E-state index in [1.165, 1.54) is 19.3 Å². The van der Waals surface area contributed by atoms with Gasteiger partial charge in [-0.2, -0.15) is 11.8 Å². The van der Waals surface area contributed by atoms with Crippen molar-refractivity contribution in [3.63, 3.8) is 0 Å². The van der Waals surface area contributed by atoms with E-state index in [0.29, 0.717) is 17.9 Å². The van der Waals surface area contributed by atoms with Crippen LogP contribution in [0, 0.1) is 0 Å². The number of aliphatic hydroxyl groups is 1. The molecule has 0 bridgehead atoms. The highest BCUT2D eigenvalue weighted by molar-refractivity contribution is 8.00. The van der Waals surface area contributed by atoms with Gasteiger partial charge in [-0.1, -0.05) is 40.0 Å². The number of ether oxygens (including phenoxy) is 1. The van der Waals surface area contributed by atoms with E-state index in [0.717, 1.165) is 32.4 Å². The Hall–Kier alpha value is 0.230. The number of nitrogens with one attached hydrogen (secondary N) is 1. The van der Waals surface area contributed by atoms with Gasteiger partial charge in [-0.25, -0.2) is 0 Å². The SMILES string of the molecule is CCCCCCOCC(O)CNCC(CC)(CC)SC. The fourth-order valence-corrected chi connectivity index (χ4v) is 3.06. The van der Waals surface area contributed by atoms with Crippen molar-refractivity contribution < 1.29 is 9.84 Å². The van der Waals surface area contributed by atoms with Crippen LogP contribution in [0.15, 0.2) is 0 Å². The van der Waals surface area contributed by atoms with Crippen LogP contribution in [0.4, 0.5) is 0 Å². The van der Waals surface area contributed by atoms with Crippen molar-refractivity contribution in [2.75, 3.05) is 32.6 Å². The van der Waals surface area contributed by atoms with Crippen molar-refractivity contribution in [3.05, 3.63) is 0 Å². The first-order chi connectivity index (χ1) is 9.64. The van der Waals surface area contributed by atoms with E-state index in [2.05, 4.69) is 32.3 Å². The Balaban J connectivity index is 3.59. The van der Waals surface area contributed by atoms with Crippen molar-refractivity contribution in [2.45, 2.75) is 70.1 Å². The Morgan fingerprint density at radius 2 is 1.85 bits per heavy atom. The predicted molar refractivity (Wildman–Crippen MR) is 90.7 cm³/mol. The van der Waals surface area contributed by atoms with Crippen LogP contribution in [0.1, 0.15) is 59.3 Å². The molecule has 0 aliphatic carbocycles. The molecule has 1 atom stereocenters. The topological polar surface area (TPSA) is 41.5 Å². The molecular weight excluding hydrogens is 270 g/mol. The molecule has 0 amide bonds. The van der Waals surface area contributed by atoms with Crippen molar-refractivity contribution in [2.24, 2.45) is 0 Å². The largest absolute Gasteiger partial charge is 0.389 e. The second-order valence-electron chi connectivity index (χ2n) is 5.51. The van der Waals surface area contributed by atoms with Gasteiger partial charge < -0.3 is 15.2 Å². The van der Waals surface area contributed by atoms with E-state index in [-0.39, 0.29) is 0 Å². The van der Waals surface area contributed by atoms with E-state index in [4.69, 9.17) is 4.74 Å². The van der Waals surface area contributed by atoms with Gasteiger partial charge >= 0.3 is 0 Å². The lowest BCUT2D eigenvalue weighted by Crippen LogP contribution is -2.40. The maximum Gasteiger partial charge on any atom is 0.0897 e. The third-order valence-electron chi connectivity index (χ3n) is 4.00. The van der Waals surface area contributed by atoms with Gasteiger partial charge in [-0.3, -0.25) is 0 Å². The van der Waals surface area contributed by atoms with Gasteiger partial charge in [0.1, 0.15) is 0 Å². The van der Waals surface area contributed by atoms with E-state index in [1.54, 1.807) is 0 Å². The van der Waals surface area contributed by atoms with Crippen molar-refractivity contribution in [3.8, 4) is 0 Å². The first kappa shape index (κ1) is 20.2. The van der Waals surface area contributed by atoms with Gasteiger partial charge in [0, 0.05) is 24.4 Å². The molecule has 0 aromatic heterocycles. The fraction of sp³-hybridized carbons (Fsp3) is 1.00. The van der Waals surface area contributed by atoms with Crippen LogP contribution in [0.2, 0.25) is 0 Å². The van der Waals surface area contributed by atoms with Gasteiger partial charge in [0.2, 0.25) is 0 Å². The lowest BCUT2D eigenvalue weighted by Gasteiger charge is -2.30. The molecule has 0 aromatic rings. The third-order valence-corrected chi connectivity index (χ3v) is 5.59. The lowest BCUT2D eigenvalue weighted by atomic mass is 10.0. The van der Waals surface area contributed by atoms with Gasteiger partial charge in [-0.05, 0) is 25.5 Å². The number of thioether (sulfide) groups is 1. The zero-order valence-corrected chi connectivity index (χ0v) is 14.7. The van der Waals surface area contributed by atoms with Gasteiger partial charge in [-0.15, -0.1) is 0 Å². The smallest absolute Gasteiger partial charge is 0.0897 e. The molecule has 0 spiro atoms. The van der Waals surface area contributed by atoms with E-state index in [1.807, 2.05) is 11.8 Å². The van der Waals surface area contributed by atoms with Crippen LogP contribution in [0.25, 0.3) is 0 Å². The lowest BCUT2D eigenvalue weighted by molar-refractivity contribution is 0.0352. The van der Waals surface area contributed by atoms with Crippen LogP contribution in [-0.2, 0) is 4.74 Å². The highest BCUT2D eigenvalue weighted by Crippen LogP contribution is 2.29. The summed E-state index contributed by atoms with van der Waals surface area (Å²) in [6.45, 7) is 9.47. The van der Waals surface area contributed by atoms with Crippen LogP contribution in [-0.4, -0.2) is 48.5 Å². The molecule has 0 fully saturated rings. The first-order valence-electron chi connectivity index (χ1n) is 8.15. The minimum absolute atomic E-state index is 0.306. The summed E-state index contributed by atoms with van der Waals surface area (Å²) < 4.78 is 5.81. The molecule has 0 aliphatic heterocycles. The molecule has 0 rings (SSSR count). The minimum Gasteiger partial charge on any atom is -0.389 e. The van der Waals surface area contributed by atoms with Crippen molar-refractivity contribution in [1.82, 2.24) is 5.32 Å². The average molecular weight is 306 g/mol. The second-order valence-corrected chi connectivity index (χ2v) is 6.79. The molecule has 122 valence electrons. The summed E-state index contributed by atoms with van der Waals surface area (Å²) in [5, 5.41) is 13.3. The highest BCUT2D eigenvalue weighted by Gasteiger charge is 2.24. The molecule has 3 nitrogen and oxygen atoms in total. The summed E-state index contributed by atoms with van der Waals surface area (Å²) in [5.74, 6) is 0. The Labute approximate surface area is 130 Å². The average Bonchev–Trinajstić information content (AvgIpc) is 2.48. The second kappa shape index (κ2) is 12.9. The predicted octanol–water partition coefficient (Wildman–Crippen LogP) is 3.46. The third kappa shape index (κ3) is 9.22. The fourth-order valence-electron chi connectivity index (χ4n) is 2.24. The van der Waals surface area contributed by atoms with Crippen LogP contribution in [0.3, 0.4) is 0 Å². The summed E-state index contributed by atoms with van der Waals surface area (Å²) in [7, 11) is 0. The summed E-state index contributed by atoms with van der Waals surface area (Å²) in [5.41, 5.74) is 0. The summed E-state index contributed by atoms with van der Waals surface area (Å²) in [4.78, 5) is 0. The summed E-state index contributed by atoms with van der Waals surface area (Å²) in [6, 6.07) is 0. The van der Waals surface area contributed by atoms with Gasteiger partial charge in [0.25, 0.3) is 0 Å². The maximum absolute atomic E-state index is 9.87. The number of hydrogen-bond acceptors (Lipinski definition) is 4. The quantitative estimate of drug-likeness (QED) is 0.482. The highest BCUT2D eigenvalue weighted by atomic mass is 32.2. The van der Waals surface area contributed by atoms with Gasteiger partial charge in [0.15, 0.2) is 0 Å². The zero-order chi connectivity index (χ0) is 15.3. The molecule has 0 radical (unpaired) electrons. The van der Waals surface area contributed by atoms with Crippen molar-refractivity contribution >= 4 is 11.8 Å². The molecule has 0 aromatic carbocycles. The van der Waals surface area contributed by atoms with Crippen molar-refractivity contribution in [1.29, 1.82) is 0 Å². The first-order valence-corrected chi connectivity index (χ1v) is 9.38. The number of rotatable bonds is 14. The normalized spacial score (nSPS) is 13.7. The van der Waals surface area contributed by atoms with E-state index in [9.17, 15) is 5.11 Å². The van der Waals surface area contributed by atoms with Crippen LogP contribution < -0.4 is 5.32 Å². The molecule has 20 heavy (non-hydrogen) atoms. The minimum atomic E-state index is -0.394. The molecule has 4 heteroatoms. The Morgan fingerprint density at radius 1 is 1.15 bits per heavy atom. The number of hydrogen-bond donors (Lipinski definition) is 2. The molecule has 0 saturated heterocycles. The Kier molecular flexibility index (Phi) is 13.1. The maximum atomic E-state index is 9.87. The molecule has 2 N–H and O–H groups in total.